The van der Waals surface area contributed by atoms with Gasteiger partial charge in [-0.15, -0.1) is 13.2 Å². The van der Waals surface area contributed by atoms with Crippen LogP contribution in [-0.2, 0) is 11.3 Å². The van der Waals surface area contributed by atoms with Gasteiger partial charge in [-0.2, -0.15) is 0 Å². The predicted octanol–water partition coefficient (Wildman–Crippen LogP) is 3.36. The first-order valence-corrected chi connectivity index (χ1v) is 6.13. The van der Waals surface area contributed by atoms with Gasteiger partial charge in [0.15, 0.2) is 0 Å². The highest BCUT2D eigenvalue weighted by atomic mass is 35.5. The Morgan fingerprint density at radius 2 is 2.00 bits per heavy atom. The van der Waals surface area contributed by atoms with E-state index in [0.29, 0.717) is 17.3 Å². The van der Waals surface area contributed by atoms with Crippen LogP contribution in [-0.4, -0.2) is 26.1 Å². The summed E-state index contributed by atoms with van der Waals surface area (Å²) in [7, 11) is 0. The Morgan fingerprint density at radius 1 is 1.26 bits per heavy atom. The summed E-state index contributed by atoms with van der Waals surface area (Å²) < 4.78 is 44.2. The summed E-state index contributed by atoms with van der Waals surface area (Å²) in [5.41, 5.74) is 0.720. The molecule has 0 bridgehead atoms. The van der Waals surface area contributed by atoms with Crippen LogP contribution in [0.2, 0.25) is 5.02 Å². The molecule has 19 heavy (non-hydrogen) atoms. The molecule has 0 aliphatic rings. The normalized spacial score (nSPS) is 11.6. The molecule has 0 unspecified atom stereocenters. The molecule has 7 heteroatoms. The topological polar surface area (TPSA) is 30.5 Å². The summed E-state index contributed by atoms with van der Waals surface area (Å²) in [6.07, 6.45) is -4.63. The van der Waals surface area contributed by atoms with Crippen LogP contribution in [0, 0.1) is 0 Å². The van der Waals surface area contributed by atoms with Crippen molar-refractivity contribution in [3.63, 3.8) is 0 Å². The lowest BCUT2D eigenvalue weighted by atomic mass is 10.2. The number of hydrogen-bond acceptors (Lipinski definition) is 3. The first kappa shape index (κ1) is 16.1. The molecular formula is C12H15ClF3NO2. The van der Waals surface area contributed by atoms with E-state index in [-0.39, 0.29) is 6.61 Å². The van der Waals surface area contributed by atoms with Crippen LogP contribution in [0.1, 0.15) is 12.5 Å². The molecule has 0 spiro atoms. The quantitative estimate of drug-likeness (QED) is 0.783. The number of halogens is 4. The van der Waals surface area contributed by atoms with E-state index >= 15 is 0 Å². The van der Waals surface area contributed by atoms with Gasteiger partial charge in [0.05, 0.1) is 6.61 Å². The number of hydrogen-bond donors (Lipinski definition) is 1. The van der Waals surface area contributed by atoms with Crippen molar-refractivity contribution in [3.05, 3.63) is 28.8 Å². The highest BCUT2D eigenvalue weighted by molar-refractivity contribution is 6.31. The largest absolute Gasteiger partial charge is 0.522 e. The zero-order valence-corrected chi connectivity index (χ0v) is 11.1. The highest BCUT2D eigenvalue weighted by Crippen LogP contribution is 2.26. The number of benzene rings is 1. The minimum absolute atomic E-state index is 0.195. The summed E-state index contributed by atoms with van der Waals surface area (Å²) in [5.74, 6) is 0.458. The van der Waals surface area contributed by atoms with Crippen molar-refractivity contribution in [2.75, 3.05) is 19.8 Å². The molecule has 1 rings (SSSR count). The van der Waals surface area contributed by atoms with Crippen molar-refractivity contribution in [3.8, 4) is 5.75 Å². The van der Waals surface area contributed by atoms with E-state index in [0.717, 1.165) is 12.1 Å². The smallest absolute Gasteiger partial charge is 0.491 e. The molecule has 0 aliphatic carbocycles. The molecule has 1 aromatic carbocycles. The van der Waals surface area contributed by atoms with Gasteiger partial charge in [0.2, 0.25) is 0 Å². The monoisotopic (exact) mass is 297 g/mol. The Bertz CT molecular complexity index is 399. The van der Waals surface area contributed by atoms with Crippen molar-refractivity contribution in [2.45, 2.75) is 19.8 Å². The van der Waals surface area contributed by atoms with Gasteiger partial charge in [-0.3, -0.25) is 4.74 Å². The first-order chi connectivity index (χ1) is 8.94. The molecular weight excluding hydrogens is 283 g/mol. The van der Waals surface area contributed by atoms with Crippen LogP contribution in [0.3, 0.4) is 0 Å². The SMILES string of the molecule is CCNCc1c(Cl)cccc1OCCOC(F)(F)F. The number of alkyl halides is 3. The van der Waals surface area contributed by atoms with Crippen LogP contribution >= 0.6 is 11.6 Å². The van der Waals surface area contributed by atoms with E-state index in [1.807, 2.05) is 6.92 Å². The summed E-state index contributed by atoms with van der Waals surface area (Å²) in [4.78, 5) is 0. The molecule has 1 aromatic rings. The number of rotatable bonds is 7. The molecule has 0 aromatic heterocycles. The van der Waals surface area contributed by atoms with Crippen LogP contribution < -0.4 is 10.1 Å². The zero-order chi connectivity index (χ0) is 14.3. The van der Waals surface area contributed by atoms with Gasteiger partial charge in [0, 0.05) is 17.1 Å². The Morgan fingerprint density at radius 3 is 2.63 bits per heavy atom. The first-order valence-electron chi connectivity index (χ1n) is 5.75. The van der Waals surface area contributed by atoms with Gasteiger partial charge in [-0.25, -0.2) is 0 Å². The number of nitrogens with one attached hydrogen (secondary N) is 1. The fourth-order valence-electron chi connectivity index (χ4n) is 1.40. The van der Waals surface area contributed by atoms with Gasteiger partial charge < -0.3 is 10.1 Å². The zero-order valence-electron chi connectivity index (χ0n) is 10.4. The van der Waals surface area contributed by atoms with Crippen molar-refractivity contribution >= 4 is 11.6 Å². The average molecular weight is 298 g/mol. The van der Waals surface area contributed by atoms with E-state index in [1.165, 1.54) is 0 Å². The van der Waals surface area contributed by atoms with Crippen molar-refractivity contribution in [2.24, 2.45) is 0 Å². The molecule has 0 fully saturated rings. The van der Waals surface area contributed by atoms with Crippen molar-refractivity contribution < 1.29 is 22.6 Å². The predicted molar refractivity (Wildman–Crippen MR) is 66.3 cm³/mol. The molecule has 1 N–H and O–H groups in total. The molecule has 0 heterocycles. The summed E-state index contributed by atoms with van der Waals surface area (Å²) in [6.45, 7) is 2.43. The van der Waals surface area contributed by atoms with E-state index in [4.69, 9.17) is 16.3 Å². The third-order valence-electron chi connectivity index (χ3n) is 2.23. The molecule has 0 saturated carbocycles. The van der Waals surface area contributed by atoms with Crippen LogP contribution in [0.4, 0.5) is 13.2 Å². The average Bonchev–Trinajstić information content (AvgIpc) is 2.32. The Kier molecular flexibility index (Phi) is 6.41. The second kappa shape index (κ2) is 7.57. The highest BCUT2D eigenvalue weighted by Gasteiger charge is 2.28. The Hall–Kier alpha value is -0.980. The Labute approximate surface area is 114 Å². The molecule has 0 saturated heterocycles. The standard InChI is InChI=1S/C12H15ClF3NO2/c1-2-17-8-9-10(13)4-3-5-11(9)18-6-7-19-12(14,15)16/h3-5,17H,2,6-8H2,1H3. The molecule has 0 aliphatic heterocycles. The minimum Gasteiger partial charge on any atom is -0.491 e. The third kappa shape index (κ3) is 6.13. The fraction of sp³-hybridized carbons (Fsp3) is 0.500. The maximum Gasteiger partial charge on any atom is 0.522 e. The maximum absolute atomic E-state index is 11.8. The summed E-state index contributed by atoms with van der Waals surface area (Å²) in [5, 5.41) is 3.59. The second-order valence-corrected chi connectivity index (χ2v) is 4.05. The maximum atomic E-state index is 11.8. The molecule has 0 atom stereocenters. The van der Waals surface area contributed by atoms with Crippen LogP contribution in [0.5, 0.6) is 5.75 Å². The Balaban J connectivity index is 2.55. The summed E-state index contributed by atoms with van der Waals surface area (Å²) >= 11 is 6.02. The second-order valence-electron chi connectivity index (χ2n) is 3.64. The minimum atomic E-state index is -4.63. The molecule has 0 amide bonds. The third-order valence-corrected chi connectivity index (χ3v) is 2.59. The number of ether oxygens (including phenoxy) is 2. The van der Waals surface area contributed by atoms with E-state index in [1.54, 1.807) is 18.2 Å². The van der Waals surface area contributed by atoms with Gasteiger partial charge in [0.25, 0.3) is 0 Å². The van der Waals surface area contributed by atoms with Gasteiger partial charge >= 0.3 is 6.36 Å². The van der Waals surface area contributed by atoms with E-state index in [2.05, 4.69) is 10.1 Å². The van der Waals surface area contributed by atoms with Gasteiger partial charge in [0.1, 0.15) is 12.4 Å². The molecule has 0 radical (unpaired) electrons. The molecule has 3 nitrogen and oxygen atoms in total. The van der Waals surface area contributed by atoms with Crippen LogP contribution in [0.15, 0.2) is 18.2 Å². The lowest BCUT2D eigenvalue weighted by Gasteiger charge is -2.14. The van der Waals surface area contributed by atoms with Crippen molar-refractivity contribution in [1.29, 1.82) is 0 Å². The lowest BCUT2D eigenvalue weighted by Crippen LogP contribution is -2.19. The fourth-order valence-corrected chi connectivity index (χ4v) is 1.64. The molecule has 108 valence electrons. The van der Waals surface area contributed by atoms with E-state index in [9.17, 15) is 13.2 Å². The summed E-state index contributed by atoms with van der Waals surface area (Å²) in [6, 6.07) is 5.04. The van der Waals surface area contributed by atoms with Crippen LogP contribution in [0.25, 0.3) is 0 Å². The lowest BCUT2D eigenvalue weighted by molar-refractivity contribution is -0.325. The van der Waals surface area contributed by atoms with Gasteiger partial charge in [-0.1, -0.05) is 24.6 Å². The van der Waals surface area contributed by atoms with E-state index < -0.39 is 13.0 Å². The van der Waals surface area contributed by atoms with Gasteiger partial charge in [-0.05, 0) is 18.7 Å². The van der Waals surface area contributed by atoms with Crippen molar-refractivity contribution in [1.82, 2.24) is 5.32 Å².